The van der Waals surface area contributed by atoms with E-state index >= 15 is 0 Å². The minimum atomic E-state index is -0.648. The van der Waals surface area contributed by atoms with E-state index in [-0.39, 0.29) is 17.9 Å². The van der Waals surface area contributed by atoms with Gasteiger partial charge in [0, 0.05) is 17.6 Å². The zero-order valence-electron chi connectivity index (χ0n) is 9.18. The van der Waals surface area contributed by atoms with Crippen LogP contribution in [0.3, 0.4) is 0 Å². The van der Waals surface area contributed by atoms with E-state index in [1.807, 2.05) is 6.07 Å². The molecule has 90 valence electrons. The molecule has 0 saturated heterocycles. The van der Waals surface area contributed by atoms with Crippen LogP contribution in [0.4, 0.5) is 0 Å². The summed E-state index contributed by atoms with van der Waals surface area (Å²) in [6, 6.07) is 6.49. The first-order valence-electron chi connectivity index (χ1n) is 5.01. The summed E-state index contributed by atoms with van der Waals surface area (Å²) in [4.78, 5) is 15.4. The molecule has 0 aliphatic rings. The van der Waals surface area contributed by atoms with E-state index in [1.54, 1.807) is 18.3 Å². The number of carbonyl (C=O) groups excluding carboxylic acids is 1. The topological polar surface area (TPSA) is 89.0 Å². The molecule has 1 heterocycles. The fourth-order valence-electron chi connectivity index (χ4n) is 1.56. The first-order valence-corrected chi connectivity index (χ1v) is 5.39. The van der Waals surface area contributed by atoms with Crippen LogP contribution in [0.15, 0.2) is 24.4 Å². The molecule has 0 unspecified atom stereocenters. The molecule has 1 aromatic carbocycles. The number of hydrogen-bond donors (Lipinski definition) is 1. The van der Waals surface area contributed by atoms with Gasteiger partial charge in [-0.1, -0.05) is 11.6 Å². The molecule has 0 fully saturated rings. The minimum Gasteiger partial charge on any atom is -0.478 e. The Morgan fingerprint density at radius 1 is 1.56 bits per heavy atom. The molecule has 0 atom stereocenters. The van der Waals surface area contributed by atoms with Crippen molar-refractivity contribution in [2.24, 2.45) is 5.73 Å². The Balaban J connectivity index is 2.65. The van der Waals surface area contributed by atoms with Crippen molar-refractivity contribution in [3.8, 4) is 11.8 Å². The highest BCUT2D eigenvalue weighted by Gasteiger charge is 2.13. The molecule has 0 radical (unpaired) electrons. The summed E-state index contributed by atoms with van der Waals surface area (Å²) in [5.74, 6) is -0.420. The summed E-state index contributed by atoms with van der Waals surface area (Å²) in [7, 11) is 0. The van der Waals surface area contributed by atoms with E-state index in [4.69, 9.17) is 27.3 Å². The minimum absolute atomic E-state index is 0.174. The second-order valence-electron chi connectivity index (χ2n) is 3.47. The number of halogens is 1. The quantitative estimate of drug-likeness (QED) is 0.914. The molecule has 18 heavy (non-hydrogen) atoms. The van der Waals surface area contributed by atoms with Gasteiger partial charge in [-0.05, 0) is 12.1 Å². The Hall–Kier alpha value is -2.32. The van der Waals surface area contributed by atoms with E-state index < -0.39 is 5.91 Å². The Morgan fingerprint density at radius 3 is 3.00 bits per heavy atom. The largest absolute Gasteiger partial charge is 0.478 e. The van der Waals surface area contributed by atoms with Crippen molar-refractivity contribution < 1.29 is 9.53 Å². The van der Waals surface area contributed by atoms with Crippen molar-refractivity contribution in [3.05, 3.63) is 35.0 Å². The number of fused-ring (bicyclic) bond motifs is 1. The van der Waals surface area contributed by atoms with Gasteiger partial charge in [0.15, 0.2) is 6.61 Å². The number of pyridine rings is 1. The zero-order valence-corrected chi connectivity index (χ0v) is 9.94. The molecule has 0 bridgehead atoms. The third-order valence-corrected chi connectivity index (χ3v) is 2.68. The third kappa shape index (κ3) is 2.19. The Labute approximate surface area is 108 Å². The lowest BCUT2D eigenvalue weighted by Gasteiger charge is -2.09. The molecule has 0 aliphatic heterocycles. The second-order valence-corrected chi connectivity index (χ2v) is 3.88. The number of nitrogens with zero attached hydrogens (tertiary/aromatic N) is 2. The predicted octanol–water partition coefficient (Wildman–Crippen LogP) is 1.89. The highest BCUT2D eigenvalue weighted by atomic mass is 35.5. The SMILES string of the molecule is N#CCOc1cc2nccc(Cl)c2cc1C(N)=O. The summed E-state index contributed by atoms with van der Waals surface area (Å²) < 4.78 is 5.15. The summed E-state index contributed by atoms with van der Waals surface area (Å²) >= 11 is 6.01. The summed E-state index contributed by atoms with van der Waals surface area (Å²) in [6.07, 6.45) is 1.54. The summed E-state index contributed by atoms with van der Waals surface area (Å²) in [6.45, 7) is -0.174. The molecular formula is C12H8ClN3O2. The number of carbonyl (C=O) groups is 1. The van der Waals surface area contributed by atoms with Crippen molar-refractivity contribution in [1.82, 2.24) is 4.98 Å². The average Bonchev–Trinajstić information content (AvgIpc) is 2.35. The van der Waals surface area contributed by atoms with Crippen LogP contribution in [0.25, 0.3) is 10.9 Å². The molecule has 2 rings (SSSR count). The molecular weight excluding hydrogens is 254 g/mol. The lowest BCUT2D eigenvalue weighted by molar-refractivity contribution is 0.0997. The van der Waals surface area contributed by atoms with Gasteiger partial charge in [0.2, 0.25) is 0 Å². The normalized spacial score (nSPS) is 10.0. The molecule has 5 nitrogen and oxygen atoms in total. The van der Waals surface area contributed by atoms with Gasteiger partial charge in [0.05, 0.1) is 16.1 Å². The fraction of sp³-hybridized carbons (Fsp3) is 0.0833. The Morgan fingerprint density at radius 2 is 2.33 bits per heavy atom. The highest BCUT2D eigenvalue weighted by Crippen LogP contribution is 2.28. The van der Waals surface area contributed by atoms with Crippen LogP contribution in [-0.2, 0) is 0 Å². The van der Waals surface area contributed by atoms with Gasteiger partial charge in [0.1, 0.15) is 11.8 Å². The number of aromatic nitrogens is 1. The molecule has 6 heteroatoms. The zero-order chi connectivity index (χ0) is 13.1. The van der Waals surface area contributed by atoms with Gasteiger partial charge in [0.25, 0.3) is 5.91 Å². The van der Waals surface area contributed by atoms with Crippen LogP contribution in [0.2, 0.25) is 5.02 Å². The van der Waals surface area contributed by atoms with Gasteiger partial charge >= 0.3 is 0 Å². The fourth-order valence-corrected chi connectivity index (χ4v) is 1.77. The van der Waals surface area contributed by atoms with Crippen molar-refractivity contribution in [3.63, 3.8) is 0 Å². The lowest BCUT2D eigenvalue weighted by Crippen LogP contribution is -2.13. The summed E-state index contributed by atoms with van der Waals surface area (Å²) in [5, 5.41) is 9.56. The van der Waals surface area contributed by atoms with Crippen molar-refractivity contribution >= 4 is 28.4 Å². The molecule has 1 aromatic heterocycles. The van der Waals surface area contributed by atoms with Gasteiger partial charge in [-0.25, -0.2) is 0 Å². The van der Waals surface area contributed by atoms with Gasteiger partial charge in [-0.15, -0.1) is 0 Å². The molecule has 0 aliphatic carbocycles. The Bertz CT molecular complexity index is 664. The number of primary amides is 1. The molecule has 2 N–H and O–H groups in total. The first kappa shape index (κ1) is 12.1. The maximum Gasteiger partial charge on any atom is 0.252 e. The number of ether oxygens (including phenoxy) is 1. The second kappa shape index (κ2) is 4.90. The molecule has 2 aromatic rings. The molecule has 0 saturated carbocycles. The summed E-state index contributed by atoms with van der Waals surface area (Å²) in [5.41, 5.74) is 6.01. The number of rotatable bonds is 3. The number of nitriles is 1. The van der Waals surface area contributed by atoms with Crippen LogP contribution in [-0.4, -0.2) is 17.5 Å². The van der Waals surface area contributed by atoms with E-state index in [9.17, 15) is 4.79 Å². The van der Waals surface area contributed by atoms with E-state index in [2.05, 4.69) is 4.98 Å². The van der Waals surface area contributed by atoms with Crippen LogP contribution in [0, 0.1) is 11.3 Å². The number of hydrogen-bond acceptors (Lipinski definition) is 4. The monoisotopic (exact) mass is 261 g/mol. The van der Waals surface area contributed by atoms with Gasteiger partial charge in [-0.2, -0.15) is 5.26 Å². The predicted molar refractivity (Wildman–Crippen MR) is 66.4 cm³/mol. The van der Waals surface area contributed by atoms with E-state index in [0.29, 0.717) is 15.9 Å². The van der Waals surface area contributed by atoms with E-state index in [1.165, 1.54) is 6.07 Å². The molecule has 1 amide bonds. The van der Waals surface area contributed by atoms with Crippen LogP contribution in [0.5, 0.6) is 5.75 Å². The third-order valence-electron chi connectivity index (χ3n) is 2.35. The molecule has 0 spiro atoms. The first-order chi connectivity index (χ1) is 8.63. The number of amides is 1. The van der Waals surface area contributed by atoms with Crippen molar-refractivity contribution in [1.29, 1.82) is 5.26 Å². The van der Waals surface area contributed by atoms with Gasteiger partial charge < -0.3 is 10.5 Å². The van der Waals surface area contributed by atoms with Gasteiger partial charge in [-0.3, -0.25) is 9.78 Å². The van der Waals surface area contributed by atoms with Crippen LogP contribution in [0.1, 0.15) is 10.4 Å². The van der Waals surface area contributed by atoms with E-state index in [0.717, 1.165) is 0 Å². The number of nitrogens with two attached hydrogens (primary N) is 1. The highest BCUT2D eigenvalue weighted by molar-refractivity contribution is 6.35. The maximum atomic E-state index is 11.3. The Kier molecular flexibility index (Phi) is 3.31. The smallest absolute Gasteiger partial charge is 0.252 e. The lowest BCUT2D eigenvalue weighted by atomic mass is 10.1. The number of benzene rings is 1. The average molecular weight is 262 g/mol. The van der Waals surface area contributed by atoms with Crippen molar-refractivity contribution in [2.75, 3.05) is 6.61 Å². The van der Waals surface area contributed by atoms with Crippen LogP contribution < -0.4 is 10.5 Å². The van der Waals surface area contributed by atoms with Crippen LogP contribution >= 0.6 is 11.6 Å². The van der Waals surface area contributed by atoms with Crippen molar-refractivity contribution in [2.45, 2.75) is 0 Å². The maximum absolute atomic E-state index is 11.3. The standard InChI is InChI=1S/C12H8ClN3O2/c13-9-1-3-16-10-6-11(18-4-2-14)8(12(15)17)5-7(9)10/h1,3,5-6H,4H2,(H2,15,17).